The average Bonchev–Trinajstić information content (AvgIpc) is 2.28. The number of amides is 2. The van der Waals surface area contributed by atoms with Crippen molar-refractivity contribution in [1.82, 2.24) is 5.32 Å². The number of anilines is 1. The van der Waals surface area contributed by atoms with Gasteiger partial charge in [0, 0.05) is 5.69 Å². The molecular weight excluding hydrogens is 232 g/mol. The van der Waals surface area contributed by atoms with Gasteiger partial charge < -0.3 is 15.8 Å². The van der Waals surface area contributed by atoms with Crippen LogP contribution in [0.1, 0.15) is 25.3 Å². The second-order valence-electron chi connectivity index (χ2n) is 4.10. The number of carbonyl (C=O) groups excluding carboxylic acids is 1. The molecule has 0 unspecified atom stereocenters. The van der Waals surface area contributed by atoms with Gasteiger partial charge in [-0.15, -0.1) is 0 Å². The van der Waals surface area contributed by atoms with E-state index in [1.807, 2.05) is 19.9 Å². The molecule has 5 N–H and O–H groups in total. The molecule has 0 saturated heterocycles. The summed E-state index contributed by atoms with van der Waals surface area (Å²) >= 11 is 0. The molecular formula is C12H18N4O2. The lowest BCUT2D eigenvalue weighted by atomic mass is 10.0. The minimum absolute atomic E-state index is 0.229. The molecule has 0 aliphatic rings. The van der Waals surface area contributed by atoms with Crippen molar-refractivity contribution in [1.29, 1.82) is 5.41 Å². The normalized spacial score (nSPS) is 10.0. The van der Waals surface area contributed by atoms with Gasteiger partial charge in [-0.3, -0.25) is 10.7 Å². The van der Waals surface area contributed by atoms with E-state index < -0.39 is 12.0 Å². The van der Waals surface area contributed by atoms with E-state index in [1.165, 1.54) is 0 Å². The van der Waals surface area contributed by atoms with E-state index >= 15 is 0 Å². The molecule has 0 heterocycles. The van der Waals surface area contributed by atoms with Crippen molar-refractivity contribution in [2.24, 2.45) is 5.73 Å². The fourth-order valence-electron chi connectivity index (χ4n) is 1.54. The number of hydrogen-bond acceptors (Lipinski definition) is 3. The van der Waals surface area contributed by atoms with E-state index in [2.05, 4.69) is 10.6 Å². The molecule has 0 spiro atoms. The zero-order chi connectivity index (χ0) is 13.7. The van der Waals surface area contributed by atoms with E-state index in [4.69, 9.17) is 15.9 Å². The van der Waals surface area contributed by atoms with Crippen molar-refractivity contribution in [2.45, 2.75) is 19.8 Å². The minimum atomic E-state index is -0.533. The van der Waals surface area contributed by atoms with E-state index in [0.29, 0.717) is 5.69 Å². The molecule has 2 amide bonds. The summed E-state index contributed by atoms with van der Waals surface area (Å²) in [4.78, 5) is 11.5. The zero-order valence-corrected chi connectivity index (χ0v) is 10.7. The Morgan fingerprint density at radius 2 is 2.11 bits per heavy atom. The molecule has 1 aromatic carbocycles. The van der Waals surface area contributed by atoms with Crippen LogP contribution >= 0.6 is 0 Å². The maximum Gasteiger partial charge on any atom is 0.325 e. The molecule has 0 saturated carbocycles. The van der Waals surface area contributed by atoms with E-state index in [0.717, 1.165) is 11.3 Å². The van der Waals surface area contributed by atoms with Gasteiger partial charge in [-0.05, 0) is 29.7 Å². The van der Waals surface area contributed by atoms with Gasteiger partial charge in [-0.1, -0.05) is 13.8 Å². The van der Waals surface area contributed by atoms with Crippen LogP contribution in [0.5, 0.6) is 5.75 Å². The summed E-state index contributed by atoms with van der Waals surface area (Å²) in [6.07, 6.45) is 0. The van der Waals surface area contributed by atoms with Crippen LogP contribution in [0.4, 0.5) is 10.5 Å². The predicted octanol–water partition coefficient (Wildman–Crippen LogP) is 1.83. The smallest absolute Gasteiger partial charge is 0.325 e. The third kappa shape index (κ3) is 3.65. The van der Waals surface area contributed by atoms with Gasteiger partial charge >= 0.3 is 6.03 Å². The third-order valence-electron chi connectivity index (χ3n) is 2.38. The standard InChI is InChI=1S/C12H18N4O2/c1-7(2)9-6-8(18-3)4-5-10(9)15-12(17)16-11(13)14/h4-7H,1-3H3,(H5,13,14,15,16,17). The zero-order valence-electron chi connectivity index (χ0n) is 10.7. The van der Waals surface area contributed by atoms with Crippen molar-refractivity contribution in [3.63, 3.8) is 0 Å². The Morgan fingerprint density at radius 3 is 2.61 bits per heavy atom. The Morgan fingerprint density at radius 1 is 1.44 bits per heavy atom. The van der Waals surface area contributed by atoms with Crippen molar-refractivity contribution in [3.05, 3.63) is 23.8 Å². The first-order valence-electron chi connectivity index (χ1n) is 5.54. The highest BCUT2D eigenvalue weighted by Crippen LogP contribution is 2.28. The fourth-order valence-corrected chi connectivity index (χ4v) is 1.54. The lowest BCUT2D eigenvalue weighted by molar-refractivity contribution is 0.256. The van der Waals surface area contributed by atoms with Crippen LogP contribution in [0, 0.1) is 5.41 Å². The van der Waals surface area contributed by atoms with Crippen LogP contribution in [0.25, 0.3) is 0 Å². The van der Waals surface area contributed by atoms with Crippen LogP contribution in [-0.2, 0) is 0 Å². The molecule has 0 aromatic heterocycles. The number of ether oxygens (including phenoxy) is 1. The number of carbonyl (C=O) groups is 1. The third-order valence-corrected chi connectivity index (χ3v) is 2.38. The van der Waals surface area contributed by atoms with Crippen molar-refractivity contribution >= 4 is 17.7 Å². The van der Waals surface area contributed by atoms with E-state index in [9.17, 15) is 4.79 Å². The summed E-state index contributed by atoms with van der Waals surface area (Å²) in [7, 11) is 1.59. The highest BCUT2D eigenvalue weighted by Gasteiger charge is 2.11. The number of rotatable bonds is 3. The first kappa shape index (κ1) is 13.8. The second kappa shape index (κ2) is 5.90. The summed E-state index contributed by atoms with van der Waals surface area (Å²) in [5.41, 5.74) is 6.70. The Balaban J connectivity index is 2.94. The van der Waals surface area contributed by atoms with Crippen molar-refractivity contribution in [3.8, 4) is 5.75 Å². The van der Waals surface area contributed by atoms with Crippen molar-refractivity contribution < 1.29 is 9.53 Å². The Bertz CT molecular complexity index is 457. The molecule has 1 rings (SSSR count). The summed E-state index contributed by atoms with van der Waals surface area (Å²) in [6.45, 7) is 4.03. The topological polar surface area (TPSA) is 100 Å². The molecule has 0 atom stereocenters. The van der Waals surface area contributed by atoms with Gasteiger partial charge in [0.1, 0.15) is 5.75 Å². The molecule has 0 radical (unpaired) electrons. The van der Waals surface area contributed by atoms with Crippen molar-refractivity contribution in [2.75, 3.05) is 12.4 Å². The maximum atomic E-state index is 11.5. The summed E-state index contributed by atoms with van der Waals surface area (Å²) in [6, 6.07) is 4.85. The Hall–Kier alpha value is -2.24. The lowest BCUT2D eigenvalue weighted by Crippen LogP contribution is -2.38. The van der Waals surface area contributed by atoms with Crippen LogP contribution < -0.4 is 21.1 Å². The van der Waals surface area contributed by atoms with Gasteiger partial charge in [0.15, 0.2) is 5.96 Å². The minimum Gasteiger partial charge on any atom is -0.497 e. The Labute approximate surface area is 106 Å². The lowest BCUT2D eigenvalue weighted by Gasteiger charge is -2.15. The molecule has 0 aliphatic carbocycles. The molecule has 0 fully saturated rings. The monoisotopic (exact) mass is 250 g/mol. The van der Waals surface area contributed by atoms with Gasteiger partial charge in [0.2, 0.25) is 0 Å². The number of nitrogens with two attached hydrogens (primary N) is 1. The van der Waals surface area contributed by atoms with Gasteiger partial charge in [-0.25, -0.2) is 4.79 Å². The molecule has 0 bridgehead atoms. The van der Waals surface area contributed by atoms with Crippen LogP contribution in [0.2, 0.25) is 0 Å². The largest absolute Gasteiger partial charge is 0.497 e. The molecule has 6 nitrogen and oxygen atoms in total. The highest BCUT2D eigenvalue weighted by molar-refractivity contribution is 6.01. The van der Waals surface area contributed by atoms with Gasteiger partial charge in [-0.2, -0.15) is 0 Å². The SMILES string of the molecule is COc1ccc(NC(=O)NC(=N)N)c(C(C)C)c1. The predicted molar refractivity (Wildman–Crippen MR) is 71.2 cm³/mol. The molecule has 98 valence electrons. The summed E-state index contributed by atoms with van der Waals surface area (Å²) < 4.78 is 5.15. The number of methoxy groups -OCH3 is 1. The number of hydrogen-bond donors (Lipinski definition) is 4. The Kier molecular flexibility index (Phi) is 4.53. The average molecular weight is 250 g/mol. The quantitative estimate of drug-likeness (QED) is 0.486. The second-order valence-corrected chi connectivity index (χ2v) is 4.10. The number of benzene rings is 1. The number of urea groups is 1. The summed E-state index contributed by atoms with van der Waals surface area (Å²) in [5.74, 6) is 0.566. The highest BCUT2D eigenvalue weighted by atomic mass is 16.5. The molecule has 18 heavy (non-hydrogen) atoms. The molecule has 6 heteroatoms. The number of nitrogens with one attached hydrogen (secondary N) is 3. The number of guanidine groups is 1. The summed E-state index contributed by atoms with van der Waals surface area (Å²) in [5, 5.41) is 11.8. The van der Waals surface area contributed by atoms with Crippen LogP contribution in [-0.4, -0.2) is 19.1 Å². The van der Waals surface area contributed by atoms with Gasteiger partial charge in [0.25, 0.3) is 0 Å². The van der Waals surface area contributed by atoms with Crippen LogP contribution in [0.15, 0.2) is 18.2 Å². The first-order chi connectivity index (χ1) is 8.43. The molecule has 0 aliphatic heterocycles. The first-order valence-corrected chi connectivity index (χ1v) is 5.54. The van der Waals surface area contributed by atoms with Gasteiger partial charge in [0.05, 0.1) is 7.11 Å². The van der Waals surface area contributed by atoms with E-state index in [1.54, 1.807) is 19.2 Å². The molecule has 1 aromatic rings. The van der Waals surface area contributed by atoms with Crippen LogP contribution in [0.3, 0.4) is 0 Å². The maximum absolute atomic E-state index is 11.5. The van der Waals surface area contributed by atoms with E-state index in [-0.39, 0.29) is 5.92 Å². The fraction of sp³-hybridized carbons (Fsp3) is 0.333.